The molecule has 0 amide bonds. The third-order valence-electron chi connectivity index (χ3n) is 8.93. The minimum Gasteiger partial charge on any atom is -0.456 e. The highest BCUT2D eigenvalue weighted by Gasteiger charge is 2.22. The molecule has 0 bridgehead atoms. The summed E-state index contributed by atoms with van der Waals surface area (Å²) in [5.41, 5.74) is 9.40. The van der Waals surface area contributed by atoms with Crippen LogP contribution in [0.2, 0.25) is 0 Å². The molecular formula is C43H29N3O. The number of nitrogens with zero attached hydrogens (tertiary/aromatic N) is 2. The SMILES string of the molecule is c1ccc(-c2ccc(C3N=C(c4cccc(-c5cccc6oc7ccccc7c56)c4)NC(c4ccc5ccccc5c4)=N3)cc2)cc1. The van der Waals surface area contributed by atoms with Gasteiger partial charge in [-0.1, -0.05) is 140 Å². The number of para-hydroxylation sites is 1. The Hall–Kier alpha value is -6.26. The van der Waals surface area contributed by atoms with Gasteiger partial charge in [0.2, 0.25) is 0 Å². The van der Waals surface area contributed by atoms with Crippen molar-refractivity contribution in [2.24, 2.45) is 9.98 Å². The Kier molecular flexibility index (Phi) is 6.50. The lowest BCUT2D eigenvalue weighted by molar-refractivity contribution is 0.669. The van der Waals surface area contributed by atoms with Crippen molar-refractivity contribution in [3.8, 4) is 22.3 Å². The van der Waals surface area contributed by atoms with Gasteiger partial charge in [-0.3, -0.25) is 0 Å². The molecule has 0 aliphatic carbocycles. The van der Waals surface area contributed by atoms with Crippen LogP contribution in [0.25, 0.3) is 55.0 Å². The summed E-state index contributed by atoms with van der Waals surface area (Å²) in [4.78, 5) is 10.4. The van der Waals surface area contributed by atoms with E-state index in [1.165, 1.54) is 21.9 Å². The van der Waals surface area contributed by atoms with Crippen LogP contribution < -0.4 is 5.32 Å². The lowest BCUT2D eigenvalue weighted by Crippen LogP contribution is -2.36. The summed E-state index contributed by atoms with van der Waals surface area (Å²) >= 11 is 0. The van der Waals surface area contributed by atoms with E-state index in [1.54, 1.807) is 0 Å². The van der Waals surface area contributed by atoms with E-state index in [1.807, 2.05) is 24.3 Å². The van der Waals surface area contributed by atoms with Crippen LogP contribution >= 0.6 is 0 Å². The Labute approximate surface area is 272 Å². The summed E-state index contributed by atoms with van der Waals surface area (Å²) in [6.45, 7) is 0. The largest absolute Gasteiger partial charge is 0.456 e. The van der Waals surface area contributed by atoms with E-state index in [0.29, 0.717) is 0 Å². The number of rotatable bonds is 5. The number of aliphatic imine (C=N–C) groups is 2. The molecule has 47 heavy (non-hydrogen) atoms. The number of nitrogens with one attached hydrogen (secondary N) is 1. The molecule has 4 heteroatoms. The molecule has 1 N–H and O–H groups in total. The molecule has 2 heterocycles. The van der Waals surface area contributed by atoms with Gasteiger partial charge in [-0.2, -0.15) is 0 Å². The monoisotopic (exact) mass is 603 g/mol. The van der Waals surface area contributed by atoms with Crippen LogP contribution in [0.3, 0.4) is 0 Å². The first-order valence-corrected chi connectivity index (χ1v) is 15.9. The summed E-state index contributed by atoms with van der Waals surface area (Å²) in [7, 11) is 0. The van der Waals surface area contributed by atoms with Gasteiger partial charge in [0.05, 0.1) is 0 Å². The molecule has 1 aliphatic rings. The second-order valence-electron chi connectivity index (χ2n) is 11.9. The third kappa shape index (κ3) is 4.97. The first-order chi connectivity index (χ1) is 23.3. The number of hydrogen-bond donors (Lipinski definition) is 1. The topological polar surface area (TPSA) is 49.9 Å². The van der Waals surface area contributed by atoms with Crippen LogP contribution in [0, 0.1) is 0 Å². The lowest BCUT2D eigenvalue weighted by Gasteiger charge is -2.23. The van der Waals surface area contributed by atoms with Crippen LogP contribution in [-0.4, -0.2) is 11.7 Å². The Morgan fingerprint density at radius 3 is 1.91 bits per heavy atom. The molecule has 0 radical (unpaired) electrons. The Balaban J connectivity index is 1.15. The fourth-order valence-electron chi connectivity index (χ4n) is 6.56. The summed E-state index contributed by atoms with van der Waals surface area (Å²) in [6.07, 6.45) is -0.401. The van der Waals surface area contributed by atoms with Gasteiger partial charge >= 0.3 is 0 Å². The fourth-order valence-corrected chi connectivity index (χ4v) is 6.56. The van der Waals surface area contributed by atoms with E-state index in [2.05, 4.69) is 145 Å². The van der Waals surface area contributed by atoms with Gasteiger partial charge in [0.15, 0.2) is 6.17 Å². The number of benzene rings is 7. The molecule has 1 atom stereocenters. The summed E-state index contributed by atoms with van der Waals surface area (Å²) in [5, 5.41) is 8.21. The molecule has 1 aliphatic heterocycles. The summed E-state index contributed by atoms with van der Waals surface area (Å²) < 4.78 is 6.20. The zero-order valence-corrected chi connectivity index (χ0v) is 25.5. The van der Waals surface area contributed by atoms with Crippen molar-refractivity contribution in [2.45, 2.75) is 6.17 Å². The van der Waals surface area contributed by atoms with Gasteiger partial charge in [-0.05, 0) is 62.9 Å². The van der Waals surface area contributed by atoms with Crippen molar-refractivity contribution in [2.75, 3.05) is 0 Å². The maximum Gasteiger partial charge on any atom is 0.169 e. The van der Waals surface area contributed by atoms with Gasteiger partial charge in [-0.25, -0.2) is 9.98 Å². The average molecular weight is 604 g/mol. The molecule has 0 saturated heterocycles. The lowest BCUT2D eigenvalue weighted by atomic mass is 9.97. The minimum absolute atomic E-state index is 0.401. The fraction of sp³-hybridized carbons (Fsp3) is 0.0233. The first kappa shape index (κ1) is 27.1. The zero-order valence-electron chi connectivity index (χ0n) is 25.5. The van der Waals surface area contributed by atoms with Crippen molar-refractivity contribution in [1.82, 2.24) is 5.32 Å². The van der Waals surface area contributed by atoms with Crippen LogP contribution in [0.5, 0.6) is 0 Å². The summed E-state index contributed by atoms with van der Waals surface area (Å²) in [6, 6.07) is 57.0. The van der Waals surface area contributed by atoms with Gasteiger partial charge in [0, 0.05) is 21.9 Å². The molecule has 1 aromatic heterocycles. The first-order valence-electron chi connectivity index (χ1n) is 15.9. The van der Waals surface area contributed by atoms with Crippen LogP contribution in [0.15, 0.2) is 178 Å². The molecule has 0 spiro atoms. The Morgan fingerprint density at radius 1 is 0.447 bits per heavy atom. The highest BCUT2D eigenvalue weighted by molar-refractivity contribution is 6.17. The molecular weight excluding hydrogens is 574 g/mol. The minimum atomic E-state index is -0.401. The molecule has 7 aromatic carbocycles. The van der Waals surface area contributed by atoms with Crippen LogP contribution in [-0.2, 0) is 0 Å². The van der Waals surface area contributed by atoms with E-state index in [-0.39, 0.29) is 0 Å². The zero-order chi connectivity index (χ0) is 31.2. The number of amidine groups is 2. The number of fused-ring (bicyclic) bond motifs is 4. The molecule has 0 fully saturated rings. The maximum atomic E-state index is 6.20. The number of hydrogen-bond acceptors (Lipinski definition) is 4. The highest BCUT2D eigenvalue weighted by atomic mass is 16.3. The van der Waals surface area contributed by atoms with Crippen LogP contribution in [0.1, 0.15) is 22.9 Å². The van der Waals surface area contributed by atoms with Gasteiger partial charge in [0.25, 0.3) is 0 Å². The van der Waals surface area contributed by atoms with Crippen LogP contribution in [0.4, 0.5) is 0 Å². The Morgan fingerprint density at radius 2 is 1.06 bits per heavy atom. The predicted molar refractivity (Wildman–Crippen MR) is 194 cm³/mol. The van der Waals surface area contributed by atoms with E-state index >= 15 is 0 Å². The van der Waals surface area contributed by atoms with Crippen molar-refractivity contribution < 1.29 is 4.42 Å². The summed E-state index contributed by atoms with van der Waals surface area (Å²) in [5.74, 6) is 1.58. The quantitative estimate of drug-likeness (QED) is 0.213. The third-order valence-corrected chi connectivity index (χ3v) is 8.93. The normalized spacial score (nSPS) is 14.6. The maximum absolute atomic E-state index is 6.20. The van der Waals surface area contributed by atoms with E-state index in [0.717, 1.165) is 61.4 Å². The van der Waals surface area contributed by atoms with Crippen molar-refractivity contribution >= 4 is 44.4 Å². The van der Waals surface area contributed by atoms with E-state index < -0.39 is 6.17 Å². The molecule has 8 aromatic rings. The standard InChI is InChI=1S/C43H29N3O/c1-2-10-28(11-3-1)30-20-23-31(24-21-30)41-44-42(46-43(45-41)35-25-22-29-12-4-5-13-32(29)26-35)34-15-8-14-33(27-34)36-17-9-19-39-40(36)37-16-6-7-18-38(37)47-39/h1-27,41H,(H,44,45,46). The molecule has 9 rings (SSSR count). The second kappa shape index (κ2) is 11.3. The molecule has 0 saturated carbocycles. The average Bonchev–Trinajstić information content (AvgIpc) is 3.54. The molecule has 4 nitrogen and oxygen atoms in total. The predicted octanol–water partition coefficient (Wildman–Crippen LogP) is 10.6. The van der Waals surface area contributed by atoms with Gasteiger partial charge in [0.1, 0.15) is 22.8 Å². The second-order valence-corrected chi connectivity index (χ2v) is 11.9. The van der Waals surface area contributed by atoms with Gasteiger partial charge < -0.3 is 9.73 Å². The number of furan rings is 1. The Bertz CT molecular complexity index is 2490. The van der Waals surface area contributed by atoms with E-state index in [9.17, 15) is 0 Å². The highest BCUT2D eigenvalue weighted by Crippen LogP contribution is 2.37. The molecule has 222 valence electrons. The van der Waals surface area contributed by atoms with Crippen molar-refractivity contribution in [3.63, 3.8) is 0 Å². The van der Waals surface area contributed by atoms with Crippen molar-refractivity contribution in [1.29, 1.82) is 0 Å². The smallest absolute Gasteiger partial charge is 0.169 e. The van der Waals surface area contributed by atoms with E-state index in [4.69, 9.17) is 14.4 Å². The van der Waals surface area contributed by atoms with Crippen molar-refractivity contribution in [3.05, 3.63) is 180 Å². The molecule has 1 unspecified atom stereocenters. The van der Waals surface area contributed by atoms with Gasteiger partial charge in [-0.15, -0.1) is 0 Å².